The number of hydrogen-bond donors (Lipinski definition) is 2. The number of imidazole rings is 1. The van der Waals surface area contributed by atoms with Gasteiger partial charge in [-0.1, -0.05) is 13.8 Å². The van der Waals surface area contributed by atoms with Crippen molar-refractivity contribution in [1.82, 2.24) is 20.2 Å². The van der Waals surface area contributed by atoms with Crippen molar-refractivity contribution in [1.29, 1.82) is 0 Å². The van der Waals surface area contributed by atoms with E-state index in [0.717, 1.165) is 24.1 Å². The van der Waals surface area contributed by atoms with Crippen LogP contribution in [-0.2, 0) is 6.54 Å². The Bertz CT molecular complexity index is 420. The van der Waals surface area contributed by atoms with Crippen LogP contribution in [0, 0.1) is 5.92 Å². The van der Waals surface area contributed by atoms with Gasteiger partial charge in [0.2, 0.25) is 0 Å². The van der Waals surface area contributed by atoms with Gasteiger partial charge in [0.15, 0.2) is 5.96 Å². The van der Waals surface area contributed by atoms with Crippen LogP contribution in [0.2, 0.25) is 0 Å². The zero-order valence-corrected chi connectivity index (χ0v) is 15.0. The molecule has 21 heavy (non-hydrogen) atoms. The third kappa shape index (κ3) is 7.58. The lowest BCUT2D eigenvalue weighted by atomic mass is 10.1. The molecule has 5 nitrogen and oxygen atoms in total. The van der Waals surface area contributed by atoms with E-state index in [2.05, 4.69) is 34.5 Å². The fourth-order valence-electron chi connectivity index (χ4n) is 1.61. The molecule has 1 rings (SSSR count). The van der Waals surface area contributed by atoms with Crippen molar-refractivity contribution < 1.29 is 8.78 Å². The summed E-state index contributed by atoms with van der Waals surface area (Å²) in [6.07, 6.45) is 3.64. The Balaban J connectivity index is 0.00000400. The molecule has 1 heterocycles. The van der Waals surface area contributed by atoms with Crippen molar-refractivity contribution in [2.24, 2.45) is 10.9 Å². The van der Waals surface area contributed by atoms with Crippen molar-refractivity contribution >= 4 is 29.9 Å². The van der Waals surface area contributed by atoms with Crippen LogP contribution < -0.4 is 10.6 Å². The molecular formula is C13H24F2IN5. The van der Waals surface area contributed by atoms with Crippen LogP contribution in [0.15, 0.2) is 17.4 Å². The molecule has 0 bridgehead atoms. The quantitative estimate of drug-likeness (QED) is 0.409. The number of guanidine groups is 1. The van der Waals surface area contributed by atoms with Gasteiger partial charge in [-0.25, -0.2) is 9.98 Å². The minimum absolute atomic E-state index is 0. The molecule has 0 radical (unpaired) electrons. The van der Waals surface area contributed by atoms with Gasteiger partial charge in [0.05, 0.1) is 0 Å². The molecule has 0 aliphatic heterocycles. The van der Waals surface area contributed by atoms with Crippen LogP contribution in [0.5, 0.6) is 0 Å². The van der Waals surface area contributed by atoms with Gasteiger partial charge in [-0.15, -0.1) is 24.0 Å². The topological polar surface area (TPSA) is 54.2 Å². The number of nitrogens with one attached hydrogen (secondary N) is 2. The van der Waals surface area contributed by atoms with Gasteiger partial charge in [-0.05, 0) is 19.3 Å². The van der Waals surface area contributed by atoms with Crippen molar-refractivity contribution in [3.8, 4) is 0 Å². The number of aliphatic imine (C=N–C) groups is 1. The van der Waals surface area contributed by atoms with Gasteiger partial charge in [0, 0.05) is 25.5 Å². The summed E-state index contributed by atoms with van der Waals surface area (Å²) < 4.78 is 26.2. The minimum atomic E-state index is -2.58. The highest BCUT2D eigenvalue weighted by atomic mass is 127. The smallest absolute Gasteiger partial charge is 0.319 e. The molecule has 122 valence electrons. The molecule has 0 amide bonds. The number of nitrogens with zero attached hydrogens (tertiary/aromatic N) is 3. The molecule has 8 heteroatoms. The van der Waals surface area contributed by atoms with Crippen molar-refractivity contribution in [2.45, 2.75) is 40.3 Å². The van der Waals surface area contributed by atoms with Crippen LogP contribution in [0.25, 0.3) is 0 Å². The average molecular weight is 415 g/mol. The van der Waals surface area contributed by atoms with Crippen molar-refractivity contribution in [3.63, 3.8) is 0 Å². The number of halogens is 3. The highest BCUT2D eigenvalue weighted by Gasteiger charge is 2.10. The lowest BCUT2D eigenvalue weighted by molar-refractivity contribution is 0.0671. The van der Waals surface area contributed by atoms with Crippen LogP contribution in [0.3, 0.4) is 0 Å². The minimum Gasteiger partial charge on any atom is -0.357 e. The average Bonchev–Trinajstić information content (AvgIpc) is 2.84. The van der Waals surface area contributed by atoms with E-state index >= 15 is 0 Å². The number of rotatable bonds is 7. The Morgan fingerprint density at radius 2 is 2.10 bits per heavy atom. The van der Waals surface area contributed by atoms with E-state index < -0.39 is 6.55 Å². The predicted octanol–water partition coefficient (Wildman–Crippen LogP) is 3.00. The highest BCUT2D eigenvalue weighted by molar-refractivity contribution is 14.0. The second-order valence-electron chi connectivity index (χ2n) is 4.83. The Hall–Kier alpha value is -0.930. The Labute approximate surface area is 141 Å². The largest absolute Gasteiger partial charge is 0.357 e. The van der Waals surface area contributed by atoms with Crippen LogP contribution >= 0.6 is 24.0 Å². The van der Waals surface area contributed by atoms with E-state index in [0.29, 0.717) is 11.9 Å². The molecule has 0 aromatic carbocycles. The second-order valence-corrected chi connectivity index (χ2v) is 4.83. The normalized spacial score (nSPS) is 11.7. The summed E-state index contributed by atoms with van der Waals surface area (Å²) in [5.41, 5.74) is 0. The molecule has 1 aromatic heterocycles. The third-order valence-corrected chi connectivity index (χ3v) is 2.70. The predicted molar refractivity (Wildman–Crippen MR) is 91.2 cm³/mol. The van der Waals surface area contributed by atoms with Gasteiger partial charge in [0.1, 0.15) is 12.4 Å². The van der Waals surface area contributed by atoms with E-state index in [-0.39, 0.29) is 36.3 Å². The van der Waals surface area contributed by atoms with Crippen molar-refractivity contribution in [2.75, 3.05) is 13.1 Å². The summed E-state index contributed by atoms with van der Waals surface area (Å²) in [5, 5.41) is 6.26. The van der Waals surface area contributed by atoms with Gasteiger partial charge in [-0.2, -0.15) is 8.78 Å². The molecule has 0 unspecified atom stereocenters. The first kappa shape index (κ1) is 20.1. The van der Waals surface area contributed by atoms with E-state index in [1.807, 2.05) is 6.92 Å². The SMILES string of the molecule is CCNC(=NCc1nccn1C(F)F)NCCC(C)C.I. The summed E-state index contributed by atoms with van der Waals surface area (Å²) in [4.78, 5) is 8.17. The van der Waals surface area contributed by atoms with Crippen LogP contribution in [-0.4, -0.2) is 28.6 Å². The molecule has 0 saturated heterocycles. The molecule has 0 spiro atoms. The first-order valence-electron chi connectivity index (χ1n) is 6.86. The summed E-state index contributed by atoms with van der Waals surface area (Å²) in [6.45, 7) is 5.30. The molecular weight excluding hydrogens is 391 g/mol. The molecule has 0 saturated carbocycles. The number of alkyl halides is 2. The molecule has 1 aromatic rings. The molecule has 0 aliphatic carbocycles. The molecule has 2 N–H and O–H groups in total. The molecule has 0 fully saturated rings. The molecule has 0 aliphatic rings. The summed E-state index contributed by atoms with van der Waals surface area (Å²) in [7, 11) is 0. The van der Waals surface area contributed by atoms with Gasteiger partial charge in [0.25, 0.3) is 0 Å². The first-order chi connectivity index (χ1) is 9.54. The van der Waals surface area contributed by atoms with Gasteiger partial charge >= 0.3 is 6.55 Å². The van der Waals surface area contributed by atoms with E-state index in [9.17, 15) is 8.78 Å². The maximum absolute atomic E-state index is 12.7. The monoisotopic (exact) mass is 415 g/mol. The first-order valence-corrected chi connectivity index (χ1v) is 6.86. The number of aromatic nitrogens is 2. The second kappa shape index (κ2) is 10.7. The Morgan fingerprint density at radius 3 is 2.67 bits per heavy atom. The fraction of sp³-hybridized carbons (Fsp3) is 0.692. The lowest BCUT2D eigenvalue weighted by Gasteiger charge is -2.12. The summed E-state index contributed by atoms with van der Waals surface area (Å²) in [5.74, 6) is 1.47. The van der Waals surface area contributed by atoms with Gasteiger partial charge < -0.3 is 10.6 Å². The summed E-state index contributed by atoms with van der Waals surface area (Å²) >= 11 is 0. The van der Waals surface area contributed by atoms with Crippen molar-refractivity contribution in [3.05, 3.63) is 18.2 Å². The zero-order chi connectivity index (χ0) is 15.0. The standard InChI is InChI=1S/C13H23F2N5.HI/c1-4-16-13(18-6-5-10(2)3)19-9-11-17-7-8-20(11)12(14)15;/h7-8,10,12H,4-6,9H2,1-3H3,(H2,16,18,19);1H. The van der Waals surface area contributed by atoms with Gasteiger partial charge in [-0.3, -0.25) is 4.57 Å². The maximum Gasteiger partial charge on any atom is 0.319 e. The maximum atomic E-state index is 12.7. The third-order valence-electron chi connectivity index (χ3n) is 2.70. The van der Waals surface area contributed by atoms with E-state index in [1.54, 1.807) is 0 Å². The highest BCUT2D eigenvalue weighted by Crippen LogP contribution is 2.12. The van der Waals surface area contributed by atoms with Crippen LogP contribution in [0.4, 0.5) is 8.78 Å². The zero-order valence-electron chi connectivity index (χ0n) is 12.6. The molecule has 0 atom stereocenters. The Kier molecular flexibility index (Phi) is 10.3. The fourth-order valence-corrected chi connectivity index (χ4v) is 1.61. The van der Waals surface area contributed by atoms with Crippen LogP contribution in [0.1, 0.15) is 39.6 Å². The number of hydrogen-bond acceptors (Lipinski definition) is 2. The van der Waals surface area contributed by atoms with E-state index in [1.165, 1.54) is 12.4 Å². The Morgan fingerprint density at radius 1 is 1.38 bits per heavy atom. The lowest BCUT2D eigenvalue weighted by Crippen LogP contribution is -2.38. The van der Waals surface area contributed by atoms with E-state index in [4.69, 9.17) is 0 Å². The summed E-state index contributed by atoms with van der Waals surface area (Å²) in [6, 6.07) is 0.